The maximum absolute atomic E-state index is 8.66. The van der Waals surface area contributed by atoms with Gasteiger partial charge in [0.1, 0.15) is 0 Å². The van der Waals surface area contributed by atoms with E-state index in [0.29, 0.717) is 12.5 Å². The second-order valence-corrected chi connectivity index (χ2v) is 3.32. The number of ether oxygens (including phenoxy) is 1. The first-order valence-electron chi connectivity index (χ1n) is 4.21. The minimum absolute atomic E-state index is 0.130. The zero-order valence-corrected chi connectivity index (χ0v) is 7.05. The Labute approximate surface area is 67.5 Å². The van der Waals surface area contributed by atoms with Crippen LogP contribution in [0, 0.1) is 0 Å². The third-order valence-corrected chi connectivity index (χ3v) is 2.28. The highest BCUT2D eigenvalue weighted by Crippen LogP contribution is 2.34. The van der Waals surface area contributed by atoms with Crippen molar-refractivity contribution in [3.63, 3.8) is 0 Å². The van der Waals surface area contributed by atoms with Crippen molar-refractivity contribution in [1.29, 1.82) is 0 Å². The van der Waals surface area contributed by atoms with Gasteiger partial charge in [-0.15, -0.1) is 0 Å². The summed E-state index contributed by atoms with van der Waals surface area (Å²) >= 11 is 0. The lowest BCUT2D eigenvalue weighted by molar-refractivity contribution is -0.0435. The van der Waals surface area contributed by atoms with Crippen LogP contribution in [0.1, 0.15) is 26.2 Å². The van der Waals surface area contributed by atoms with E-state index < -0.39 is 0 Å². The average molecular weight is 159 g/mol. The van der Waals surface area contributed by atoms with Crippen molar-refractivity contribution in [3.8, 4) is 0 Å². The third-order valence-electron chi connectivity index (χ3n) is 2.28. The average Bonchev–Trinajstić information content (AvgIpc) is 1.85. The molecule has 3 heteroatoms. The summed E-state index contributed by atoms with van der Waals surface area (Å²) in [6.07, 6.45) is 2.86. The van der Waals surface area contributed by atoms with Gasteiger partial charge in [-0.25, -0.2) is 0 Å². The Morgan fingerprint density at radius 3 is 2.73 bits per heavy atom. The lowest BCUT2D eigenvalue weighted by Gasteiger charge is -2.44. The van der Waals surface area contributed by atoms with Crippen LogP contribution in [0.25, 0.3) is 0 Å². The largest absolute Gasteiger partial charge is 0.396 e. The highest BCUT2D eigenvalue weighted by molar-refractivity contribution is 4.99. The zero-order valence-electron chi connectivity index (χ0n) is 7.05. The fourth-order valence-corrected chi connectivity index (χ4v) is 1.63. The van der Waals surface area contributed by atoms with E-state index in [9.17, 15) is 0 Å². The Bertz CT molecular complexity index is 121. The Kier molecular flexibility index (Phi) is 2.87. The third kappa shape index (κ3) is 2.15. The van der Waals surface area contributed by atoms with Crippen molar-refractivity contribution in [2.24, 2.45) is 5.73 Å². The fourth-order valence-electron chi connectivity index (χ4n) is 1.63. The first-order valence-corrected chi connectivity index (χ1v) is 4.21. The van der Waals surface area contributed by atoms with Crippen LogP contribution in [0.5, 0.6) is 0 Å². The predicted octanol–water partition coefficient (Wildman–Crippen LogP) is 0.265. The van der Waals surface area contributed by atoms with Crippen molar-refractivity contribution in [3.05, 3.63) is 0 Å². The molecule has 1 saturated carbocycles. The Morgan fingerprint density at radius 1 is 1.64 bits per heavy atom. The second-order valence-electron chi connectivity index (χ2n) is 3.32. The van der Waals surface area contributed by atoms with Crippen LogP contribution in [0.2, 0.25) is 0 Å². The van der Waals surface area contributed by atoms with Gasteiger partial charge in [-0.3, -0.25) is 0 Å². The molecule has 0 radical (unpaired) electrons. The summed E-state index contributed by atoms with van der Waals surface area (Å²) in [4.78, 5) is 0. The normalized spacial score (nSPS) is 36.8. The minimum Gasteiger partial charge on any atom is -0.396 e. The summed E-state index contributed by atoms with van der Waals surface area (Å²) in [5.74, 6) is 0. The molecule has 0 spiro atoms. The van der Waals surface area contributed by atoms with Crippen LogP contribution in [-0.2, 0) is 4.74 Å². The number of aliphatic hydroxyl groups excluding tert-OH is 1. The second kappa shape index (κ2) is 3.52. The number of hydrogen-bond donors (Lipinski definition) is 2. The number of rotatable bonds is 4. The molecular formula is C8H17NO2. The molecule has 1 fully saturated rings. The maximum atomic E-state index is 8.66. The van der Waals surface area contributed by atoms with E-state index >= 15 is 0 Å². The van der Waals surface area contributed by atoms with E-state index in [0.717, 1.165) is 19.4 Å². The summed E-state index contributed by atoms with van der Waals surface area (Å²) in [5.41, 5.74) is 5.76. The highest BCUT2D eigenvalue weighted by Gasteiger charge is 2.40. The van der Waals surface area contributed by atoms with Crippen molar-refractivity contribution in [1.82, 2.24) is 0 Å². The molecule has 0 aliphatic heterocycles. The molecule has 0 bridgehead atoms. The van der Waals surface area contributed by atoms with Gasteiger partial charge in [-0.1, -0.05) is 0 Å². The molecule has 1 aliphatic carbocycles. The van der Waals surface area contributed by atoms with E-state index in [-0.39, 0.29) is 12.1 Å². The molecule has 0 amide bonds. The molecule has 66 valence electrons. The maximum Gasteiger partial charge on any atom is 0.0610 e. The first-order chi connectivity index (χ1) is 5.20. The molecule has 0 aromatic carbocycles. The van der Waals surface area contributed by atoms with Crippen LogP contribution < -0.4 is 5.73 Å². The Hall–Kier alpha value is -0.120. The van der Waals surface area contributed by atoms with E-state index in [1.54, 1.807) is 0 Å². The molecule has 0 aromatic rings. The molecular weight excluding hydrogens is 142 g/mol. The molecule has 0 saturated heterocycles. The van der Waals surface area contributed by atoms with Crippen LogP contribution in [-0.4, -0.2) is 30.0 Å². The topological polar surface area (TPSA) is 55.5 Å². The predicted molar refractivity (Wildman–Crippen MR) is 43.3 cm³/mol. The van der Waals surface area contributed by atoms with Crippen molar-refractivity contribution in [2.45, 2.75) is 37.8 Å². The van der Waals surface area contributed by atoms with E-state index in [1.807, 2.05) is 6.92 Å². The van der Waals surface area contributed by atoms with Crippen LogP contribution in [0.4, 0.5) is 0 Å². The van der Waals surface area contributed by atoms with Crippen molar-refractivity contribution < 1.29 is 9.84 Å². The van der Waals surface area contributed by atoms with Gasteiger partial charge in [-0.2, -0.15) is 0 Å². The van der Waals surface area contributed by atoms with Crippen LogP contribution >= 0.6 is 0 Å². The van der Waals surface area contributed by atoms with Gasteiger partial charge in [0.25, 0.3) is 0 Å². The van der Waals surface area contributed by atoms with Gasteiger partial charge < -0.3 is 15.6 Å². The van der Waals surface area contributed by atoms with Crippen LogP contribution in [0.3, 0.4) is 0 Å². The summed E-state index contributed by atoms with van der Waals surface area (Å²) < 4.78 is 5.36. The molecule has 1 rings (SSSR count). The van der Waals surface area contributed by atoms with Gasteiger partial charge in [0.05, 0.1) is 6.10 Å². The molecule has 3 nitrogen and oxygen atoms in total. The molecule has 0 unspecified atom stereocenters. The molecule has 0 heterocycles. The Morgan fingerprint density at radius 2 is 2.27 bits per heavy atom. The van der Waals surface area contributed by atoms with Gasteiger partial charge in [0, 0.05) is 18.8 Å². The highest BCUT2D eigenvalue weighted by atomic mass is 16.5. The van der Waals surface area contributed by atoms with Gasteiger partial charge >= 0.3 is 0 Å². The monoisotopic (exact) mass is 159 g/mol. The van der Waals surface area contributed by atoms with E-state index in [1.165, 1.54) is 0 Å². The summed E-state index contributed by atoms with van der Waals surface area (Å²) in [5, 5.41) is 8.66. The molecule has 0 aromatic heterocycles. The number of aliphatic hydroxyl groups is 1. The molecule has 1 aliphatic rings. The fraction of sp³-hybridized carbons (Fsp3) is 1.00. The van der Waals surface area contributed by atoms with Crippen molar-refractivity contribution >= 4 is 0 Å². The summed E-state index contributed by atoms with van der Waals surface area (Å²) in [6.45, 7) is 2.94. The van der Waals surface area contributed by atoms with Crippen LogP contribution in [0.15, 0.2) is 0 Å². The molecule has 0 atom stereocenters. The van der Waals surface area contributed by atoms with E-state index in [4.69, 9.17) is 15.6 Å². The number of nitrogens with two attached hydrogens (primary N) is 1. The molecule has 3 N–H and O–H groups in total. The SMILES string of the molecule is CCOC1CC(N)(CCO)C1. The lowest BCUT2D eigenvalue weighted by Crippen LogP contribution is -2.55. The molecule has 11 heavy (non-hydrogen) atoms. The van der Waals surface area contributed by atoms with E-state index in [2.05, 4.69) is 0 Å². The summed E-state index contributed by atoms with van der Waals surface area (Å²) in [7, 11) is 0. The van der Waals surface area contributed by atoms with Crippen molar-refractivity contribution in [2.75, 3.05) is 13.2 Å². The summed E-state index contributed by atoms with van der Waals surface area (Å²) in [6, 6.07) is 0. The lowest BCUT2D eigenvalue weighted by atomic mass is 9.73. The first kappa shape index (κ1) is 8.97. The Balaban J connectivity index is 2.15. The standard InChI is InChI=1S/C8H17NO2/c1-2-11-7-5-8(9,6-7)3-4-10/h7,10H,2-6,9H2,1H3. The quantitative estimate of drug-likeness (QED) is 0.619. The minimum atomic E-state index is -0.130. The zero-order chi connectivity index (χ0) is 8.32. The van der Waals surface area contributed by atoms with Gasteiger partial charge in [-0.05, 0) is 26.2 Å². The van der Waals surface area contributed by atoms with Gasteiger partial charge in [0.15, 0.2) is 0 Å². The smallest absolute Gasteiger partial charge is 0.0610 e. The van der Waals surface area contributed by atoms with Gasteiger partial charge in [0.2, 0.25) is 0 Å². The number of hydrogen-bond acceptors (Lipinski definition) is 3.